The van der Waals surface area contributed by atoms with E-state index in [1.54, 1.807) is 0 Å². The Labute approximate surface area is 168 Å². The van der Waals surface area contributed by atoms with Crippen molar-refractivity contribution in [2.75, 3.05) is 20.3 Å². The molecule has 0 aliphatic carbocycles. The van der Waals surface area contributed by atoms with Crippen molar-refractivity contribution < 1.29 is 36.6 Å². The summed E-state index contributed by atoms with van der Waals surface area (Å²) in [5, 5.41) is 0. The van der Waals surface area contributed by atoms with Gasteiger partial charge >= 0.3 is 17.8 Å². The first-order valence-electron chi connectivity index (χ1n) is 8.78. The van der Waals surface area contributed by atoms with Crippen LogP contribution in [-0.4, -0.2) is 26.3 Å². The molecule has 1 aromatic carbocycles. The van der Waals surface area contributed by atoms with Gasteiger partial charge in [0.1, 0.15) is 23.7 Å². The molecule has 0 saturated heterocycles. The van der Waals surface area contributed by atoms with Crippen LogP contribution in [0.4, 0.5) is 13.2 Å². The molecule has 0 saturated carbocycles. The van der Waals surface area contributed by atoms with Crippen molar-refractivity contribution in [3.05, 3.63) is 74.7 Å². The Hall–Kier alpha value is -3.27. The van der Waals surface area contributed by atoms with Crippen LogP contribution in [0, 0.1) is 6.92 Å². The standard InChI is InChI=1S/C20H18F3NO6/c1-10-9-13-15(19(26)29-10)14(11-3-5-12(6-4-11)20(21,22)23)16(17(24)30-13)18(25)28-8-7-27-2/h3-6,9,14H,7-8,24H2,1-2H3/t14-/m1/s1. The fourth-order valence-electron chi connectivity index (χ4n) is 3.11. The predicted molar refractivity (Wildman–Crippen MR) is 97.7 cm³/mol. The Bertz CT molecular complexity index is 1040. The molecule has 1 aromatic heterocycles. The number of rotatable bonds is 5. The molecule has 2 heterocycles. The largest absolute Gasteiger partial charge is 0.460 e. The van der Waals surface area contributed by atoms with Crippen LogP contribution in [0.15, 0.2) is 51.0 Å². The summed E-state index contributed by atoms with van der Waals surface area (Å²) in [5.74, 6) is -2.05. The Kier molecular flexibility index (Phi) is 5.88. The van der Waals surface area contributed by atoms with Gasteiger partial charge in [-0.05, 0) is 24.6 Å². The molecule has 1 atom stereocenters. The highest BCUT2D eigenvalue weighted by atomic mass is 19.4. The van der Waals surface area contributed by atoms with Crippen molar-refractivity contribution in [3.63, 3.8) is 0 Å². The second-order valence-corrected chi connectivity index (χ2v) is 6.48. The van der Waals surface area contributed by atoms with E-state index in [0.717, 1.165) is 24.3 Å². The van der Waals surface area contributed by atoms with Crippen molar-refractivity contribution in [2.24, 2.45) is 5.73 Å². The van der Waals surface area contributed by atoms with Crippen LogP contribution >= 0.6 is 0 Å². The minimum Gasteiger partial charge on any atom is -0.460 e. The quantitative estimate of drug-likeness (QED) is 0.581. The zero-order chi connectivity index (χ0) is 22.1. The molecule has 0 unspecified atom stereocenters. The van der Waals surface area contributed by atoms with Gasteiger partial charge in [-0.2, -0.15) is 13.2 Å². The molecule has 7 nitrogen and oxygen atoms in total. The van der Waals surface area contributed by atoms with Gasteiger partial charge in [-0.3, -0.25) is 0 Å². The molecule has 160 valence electrons. The molecular weight excluding hydrogens is 407 g/mol. The van der Waals surface area contributed by atoms with E-state index < -0.39 is 29.3 Å². The van der Waals surface area contributed by atoms with Gasteiger partial charge in [0.2, 0.25) is 5.88 Å². The number of halogens is 3. The van der Waals surface area contributed by atoms with E-state index in [9.17, 15) is 22.8 Å². The molecule has 0 radical (unpaired) electrons. The van der Waals surface area contributed by atoms with Gasteiger partial charge in [-0.25, -0.2) is 9.59 Å². The third-order valence-corrected chi connectivity index (χ3v) is 4.45. The van der Waals surface area contributed by atoms with Crippen molar-refractivity contribution in [2.45, 2.75) is 19.0 Å². The zero-order valence-corrected chi connectivity index (χ0v) is 16.0. The van der Waals surface area contributed by atoms with E-state index in [2.05, 4.69) is 0 Å². The van der Waals surface area contributed by atoms with Crippen molar-refractivity contribution >= 4 is 5.97 Å². The van der Waals surface area contributed by atoms with Crippen LogP contribution in [0.1, 0.15) is 28.4 Å². The van der Waals surface area contributed by atoms with Crippen molar-refractivity contribution in [1.82, 2.24) is 0 Å². The predicted octanol–water partition coefficient (Wildman–Crippen LogP) is 2.85. The van der Waals surface area contributed by atoms with Crippen LogP contribution in [0.25, 0.3) is 0 Å². The smallest absolute Gasteiger partial charge is 0.416 e. The lowest BCUT2D eigenvalue weighted by molar-refractivity contribution is -0.141. The van der Waals surface area contributed by atoms with Crippen LogP contribution < -0.4 is 16.1 Å². The first-order chi connectivity index (χ1) is 14.1. The van der Waals surface area contributed by atoms with Crippen LogP contribution in [0.5, 0.6) is 5.75 Å². The third kappa shape index (κ3) is 4.18. The van der Waals surface area contributed by atoms with E-state index in [0.29, 0.717) is 0 Å². The first-order valence-corrected chi connectivity index (χ1v) is 8.78. The number of alkyl halides is 3. The summed E-state index contributed by atoms with van der Waals surface area (Å²) in [5.41, 5.74) is 4.20. The number of esters is 1. The fourth-order valence-corrected chi connectivity index (χ4v) is 3.11. The molecule has 0 spiro atoms. The second kappa shape index (κ2) is 8.23. The topological polar surface area (TPSA) is 101 Å². The van der Waals surface area contributed by atoms with Gasteiger partial charge in [0.05, 0.1) is 23.7 Å². The van der Waals surface area contributed by atoms with E-state index in [4.69, 9.17) is 24.4 Å². The summed E-state index contributed by atoms with van der Waals surface area (Å²) in [7, 11) is 1.42. The summed E-state index contributed by atoms with van der Waals surface area (Å²) in [4.78, 5) is 25.2. The third-order valence-electron chi connectivity index (χ3n) is 4.45. The average Bonchev–Trinajstić information content (AvgIpc) is 2.66. The number of benzene rings is 1. The number of hydrogen-bond donors (Lipinski definition) is 1. The summed E-state index contributed by atoms with van der Waals surface area (Å²) in [6, 6.07) is 5.44. The van der Waals surface area contributed by atoms with Crippen LogP contribution in [-0.2, 0) is 20.4 Å². The second-order valence-electron chi connectivity index (χ2n) is 6.48. The Morgan fingerprint density at radius 3 is 2.47 bits per heavy atom. The lowest BCUT2D eigenvalue weighted by Crippen LogP contribution is -2.31. The maximum Gasteiger partial charge on any atom is 0.416 e. The van der Waals surface area contributed by atoms with Gasteiger partial charge in [0, 0.05) is 13.2 Å². The van der Waals surface area contributed by atoms with Crippen molar-refractivity contribution in [1.29, 1.82) is 0 Å². The van der Waals surface area contributed by atoms with E-state index in [-0.39, 0.29) is 47.3 Å². The molecule has 1 aliphatic rings. The number of fused-ring (bicyclic) bond motifs is 1. The Balaban J connectivity index is 2.13. The maximum atomic E-state index is 12.9. The highest BCUT2D eigenvalue weighted by Crippen LogP contribution is 2.42. The average molecular weight is 425 g/mol. The minimum atomic E-state index is -4.54. The number of aryl methyl sites for hydroxylation is 1. The fraction of sp³-hybridized carbons (Fsp3) is 0.300. The molecule has 1 aliphatic heterocycles. The lowest BCUT2D eigenvalue weighted by atomic mass is 9.83. The van der Waals surface area contributed by atoms with E-state index >= 15 is 0 Å². The number of carbonyl (C=O) groups is 1. The lowest BCUT2D eigenvalue weighted by Gasteiger charge is -2.27. The SMILES string of the molecule is COCCOC(=O)C1=C(N)Oc2cc(C)oc(=O)c2[C@H]1c1ccc(C(F)(F)F)cc1. The number of methoxy groups -OCH3 is 1. The number of carbonyl (C=O) groups excluding carboxylic acids is 1. The summed E-state index contributed by atoms with van der Waals surface area (Å²) >= 11 is 0. The normalized spacial score (nSPS) is 16.1. The summed E-state index contributed by atoms with van der Waals surface area (Å²) in [6.45, 7) is 1.54. The molecular formula is C20H18F3NO6. The molecule has 10 heteroatoms. The number of hydrogen-bond acceptors (Lipinski definition) is 7. The summed E-state index contributed by atoms with van der Waals surface area (Å²) in [6.07, 6.45) is -4.54. The highest BCUT2D eigenvalue weighted by molar-refractivity contribution is 5.92. The highest BCUT2D eigenvalue weighted by Gasteiger charge is 2.39. The van der Waals surface area contributed by atoms with Gasteiger partial charge in [0.25, 0.3) is 0 Å². The van der Waals surface area contributed by atoms with Crippen molar-refractivity contribution in [3.8, 4) is 5.75 Å². The monoisotopic (exact) mass is 425 g/mol. The molecule has 0 bridgehead atoms. The number of ether oxygens (including phenoxy) is 3. The van der Waals surface area contributed by atoms with Gasteiger partial charge < -0.3 is 24.4 Å². The van der Waals surface area contributed by atoms with Crippen LogP contribution in [0.2, 0.25) is 0 Å². The molecule has 2 aromatic rings. The summed E-state index contributed by atoms with van der Waals surface area (Å²) < 4.78 is 59.3. The first kappa shape index (κ1) is 21.4. The Morgan fingerprint density at radius 2 is 1.87 bits per heavy atom. The molecule has 3 rings (SSSR count). The van der Waals surface area contributed by atoms with Gasteiger partial charge in [-0.1, -0.05) is 12.1 Å². The molecule has 0 fully saturated rings. The van der Waals surface area contributed by atoms with E-state index in [1.807, 2.05) is 0 Å². The van der Waals surface area contributed by atoms with Gasteiger partial charge in [-0.15, -0.1) is 0 Å². The Morgan fingerprint density at radius 1 is 1.20 bits per heavy atom. The molecule has 2 N–H and O–H groups in total. The minimum absolute atomic E-state index is 0.0552. The zero-order valence-electron chi connectivity index (χ0n) is 16.0. The van der Waals surface area contributed by atoms with E-state index in [1.165, 1.54) is 20.1 Å². The molecule has 30 heavy (non-hydrogen) atoms. The maximum absolute atomic E-state index is 12.9. The van der Waals surface area contributed by atoms with Crippen LogP contribution in [0.3, 0.4) is 0 Å². The van der Waals surface area contributed by atoms with Gasteiger partial charge in [0.15, 0.2) is 0 Å². The number of nitrogens with two attached hydrogens (primary N) is 1. The molecule has 0 amide bonds.